The van der Waals surface area contributed by atoms with E-state index in [-0.39, 0.29) is 24.3 Å². The molecular weight excluding hydrogens is 332 g/mol. The van der Waals surface area contributed by atoms with Crippen molar-refractivity contribution in [2.45, 2.75) is 26.3 Å². The number of carbonyl (C=O) groups excluding carboxylic acids is 1. The van der Waals surface area contributed by atoms with E-state index < -0.39 is 0 Å². The summed E-state index contributed by atoms with van der Waals surface area (Å²) in [5.74, 6) is 0.628. The fourth-order valence-corrected chi connectivity index (χ4v) is 2.48. The van der Waals surface area contributed by atoms with Gasteiger partial charge in [0.2, 0.25) is 5.91 Å². The zero-order chi connectivity index (χ0) is 14.6. The van der Waals surface area contributed by atoms with Crippen molar-refractivity contribution in [2.24, 2.45) is 11.7 Å². The van der Waals surface area contributed by atoms with Crippen LogP contribution in [0, 0.1) is 5.92 Å². The van der Waals surface area contributed by atoms with Crippen molar-refractivity contribution in [1.82, 2.24) is 0 Å². The van der Waals surface area contributed by atoms with Crippen molar-refractivity contribution in [3.63, 3.8) is 0 Å². The lowest BCUT2D eigenvalue weighted by Gasteiger charge is -2.16. The van der Waals surface area contributed by atoms with E-state index in [0.29, 0.717) is 20.9 Å². The van der Waals surface area contributed by atoms with Crippen molar-refractivity contribution in [2.75, 3.05) is 12.4 Å². The van der Waals surface area contributed by atoms with Gasteiger partial charge in [0.1, 0.15) is 0 Å². The average molecular weight is 350 g/mol. The number of nitrogens with one attached hydrogen (secondary N) is 1. The summed E-state index contributed by atoms with van der Waals surface area (Å²) in [4.78, 5) is 11.9. The Morgan fingerprint density at radius 1 is 1.53 bits per heavy atom. The molecule has 0 saturated heterocycles. The van der Waals surface area contributed by atoms with Gasteiger partial charge in [0, 0.05) is 17.5 Å². The van der Waals surface area contributed by atoms with Crippen LogP contribution in [0.3, 0.4) is 0 Å². The molecule has 0 bridgehead atoms. The fourth-order valence-electron chi connectivity index (χ4n) is 1.51. The first-order valence-corrected chi connectivity index (χ1v) is 7.10. The summed E-state index contributed by atoms with van der Waals surface area (Å²) in [6, 6.07) is 3.17. The SMILES string of the molecule is COc1c(Br)cc(Cl)cc1NC(=O)CC(N)C(C)C. The van der Waals surface area contributed by atoms with E-state index in [9.17, 15) is 4.79 Å². The van der Waals surface area contributed by atoms with Crippen LogP contribution in [0.25, 0.3) is 0 Å². The molecule has 1 atom stereocenters. The maximum Gasteiger partial charge on any atom is 0.226 e. The number of halogens is 2. The predicted octanol–water partition coefficient (Wildman–Crippen LogP) is 3.42. The average Bonchev–Trinajstić information content (AvgIpc) is 2.27. The molecule has 1 aromatic carbocycles. The molecule has 106 valence electrons. The molecule has 0 saturated carbocycles. The molecule has 0 heterocycles. The molecule has 4 nitrogen and oxygen atoms in total. The zero-order valence-corrected chi connectivity index (χ0v) is 13.5. The lowest BCUT2D eigenvalue weighted by molar-refractivity contribution is -0.116. The monoisotopic (exact) mass is 348 g/mol. The Labute approximate surface area is 126 Å². The normalized spacial score (nSPS) is 12.4. The molecule has 1 amide bonds. The van der Waals surface area contributed by atoms with Crippen molar-refractivity contribution >= 4 is 39.1 Å². The Balaban J connectivity index is 2.84. The van der Waals surface area contributed by atoms with Crippen LogP contribution in [0.5, 0.6) is 5.75 Å². The van der Waals surface area contributed by atoms with Crippen molar-refractivity contribution in [3.05, 3.63) is 21.6 Å². The predicted molar refractivity (Wildman–Crippen MR) is 81.8 cm³/mol. The third-order valence-corrected chi connectivity index (χ3v) is 3.57. The minimum Gasteiger partial charge on any atom is -0.493 e. The molecule has 0 aliphatic carbocycles. The first-order chi connectivity index (χ1) is 8.85. The second kappa shape index (κ2) is 7.12. The van der Waals surface area contributed by atoms with E-state index in [2.05, 4.69) is 21.2 Å². The Morgan fingerprint density at radius 3 is 2.68 bits per heavy atom. The molecular formula is C13H18BrClN2O2. The van der Waals surface area contributed by atoms with Gasteiger partial charge in [0.25, 0.3) is 0 Å². The molecule has 1 aromatic rings. The highest BCUT2D eigenvalue weighted by molar-refractivity contribution is 9.10. The third kappa shape index (κ3) is 4.67. The van der Waals surface area contributed by atoms with Gasteiger partial charge in [0.05, 0.1) is 17.3 Å². The van der Waals surface area contributed by atoms with Gasteiger partial charge >= 0.3 is 0 Å². The maximum atomic E-state index is 11.9. The van der Waals surface area contributed by atoms with Gasteiger partial charge in [-0.3, -0.25) is 4.79 Å². The molecule has 0 fully saturated rings. The van der Waals surface area contributed by atoms with Crippen LogP contribution in [0.2, 0.25) is 5.02 Å². The van der Waals surface area contributed by atoms with Crippen molar-refractivity contribution < 1.29 is 9.53 Å². The summed E-state index contributed by atoms with van der Waals surface area (Å²) >= 11 is 9.29. The van der Waals surface area contributed by atoms with Crippen molar-refractivity contribution in [3.8, 4) is 5.75 Å². The first kappa shape index (κ1) is 16.3. The number of nitrogens with two attached hydrogens (primary N) is 1. The standard InChI is InChI=1S/C13H18BrClN2O2/c1-7(2)10(16)6-12(18)17-11-5-8(15)4-9(14)13(11)19-3/h4-5,7,10H,6,16H2,1-3H3,(H,17,18). The van der Waals surface area contributed by atoms with Crippen molar-refractivity contribution in [1.29, 1.82) is 0 Å². The molecule has 6 heteroatoms. The number of rotatable bonds is 5. The molecule has 3 N–H and O–H groups in total. The minimum absolute atomic E-state index is 0.159. The van der Waals surface area contributed by atoms with Crippen LogP contribution in [0.15, 0.2) is 16.6 Å². The Hall–Kier alpha value is -0.780. The largest absolute Gasteiger partial charge is 0.493 e. The topological polar surface area (TPSA) is 64.3 Å². The molecule has 0 aliphatic heterocycles. The van der Waals surface area contributed by atoms with E-state index in [1.54, 1.807) is 12.1 Å². The summed E-state index contributed by atoms with van der Waals surface area (Å²) in [5, 5.41) is 3.28. The van der Waals surface area contributed by atoms with Gasteiger partial charge in [0.15, 0.2) is 5.75 Å². The molecule has 0 aliphatic rings. The molecule has 1 unspecified atom stereocenters. The number of amides is 1. The van der Waals surface area contributed by atoms with E-state index in [1.807, 2.05) is 13.8 Å². The summed E-state index contributed by atoms with van der Waals surface area (Å²) in [5.41, 5.74) is 6.40. The highest BCUT2D eigenvalue weighted by atomic mass is 79.9. The van der Waals surface area contributed by atoms with Gasteiger partial charge in [-0.1, -0.05) is 25.4 Å². The summed E-state index contributed by atoms with van der Waals surface area (Å²) in [6.07, 6.45) is 0.255. The number of hydrogen-bond acceptors (Lipinski definition) is 3. The number of hydrogen-bond donors (Lipinski definition) is 2. The number of ether oxygens (including phenoxy) is 1. The van der Waals surface area contributed by atoms with Gasteiger partial charge in [-0.05, 0) is 34.0 Å². The second-order valence-electron chi connectivity index (χ2n) is 4.63. The van der Waals surface area contributed by atoms with Crippen LogP contribution in [0.4, 0.5) is 5.69 Å². The molecule has 0 aromatic heterocycles. The summed E-state index contributed by atoms with van der Waals surface area (Å²) in [6.45, 7) is 3.96. The lowest BCUT2D eigenvalue weighted by atomic mass is 10.0. The Kier molecular flexibility index (Phi) is 6.10. The quantitative estimate of drug-likeness (QED) is 0.856. The number of benzene rings is 1. The first-order valence-electron chi connectivity index (χ1n) is 5.93. The highest BCUT2D eigenvalue weighted by Gasteiger charge is 2.16. The Morgan fingerprint density at radius 2 is 2.16 bits per heavy atom. The zero-order valence-electron chi connectivity index (χ0n) is 11.2. The van der Waals surface area contributed by atoms with E-state index in [1.165, 1.54) is 7.11 Å². The van der Waals surface area contributed by atoms with Gasteiger partial charge in [-0.25, -0.2) is 0 Å². The van der Waals surface area contributed by atoms with Crippen LogP contribution in [0.1, 0.15) is 20.3 Å². The molecule has 0 spiro atoms. The van der Waals surface area contributed by atoms with E-state index >= 15 is 0 Å². The van der Waals surface area contributed by atoms with E-state index in [4.69, 9.17) is 22.1 Å². The third-order valence-electron chi connectivity index (χ3n) is 2.76. The number of anilines is 1. The Bertz CT molecular complexity index is 466. The van der Waals surface area contributed by atoms with E-state index in [0.717, 1.165) is 0 Å². The molecule has 1 rings (SSSR count). The van der Waals surface area contributed by atoms with Crippen LogP contribution in [-0.2, 0) is 4.79 Å². The lowest BCUT2D eigenvalue weighted by Crippen LogP contribution is -2.31. The van der Waals surface area contributed by atoms with Crippen LogP contribution in [-0.4, -0.2) is 19.1 Å². The molecule has 0 radical (unpaired) electrons. The van der Waals surface area contributed by atoms with Gasteiger partial charge < -0.3 is 15.8 Å². The number of methoxy groups -OCH3 is 1. The van der Waals surface area contributed by atoms with Gasteiger partial charge in [-0.15, -0.1) is 0 Å². The maximum absolute atomic E-state index is 11.9. The highest BCUT2D eigenvalue weighted by Crippen LogP contribution is 2.36. The minimum atomic E-state index is -0.173. The summed E-state index contributed by atoms with van der Waals surface area (Å²) in [7, 11) is 1.53. The smallest absolute Gasteiger partial charge is 0.226 e. The van der Waals surface area contributed by atoms with Gasteiger partial charge in [-0.2, -0.15) is 0 Å². The number of carbonyl (C=O) groups is 1. The van der Waals surface area contributed by atoms with Crippen LogP contribution < -0.4 is 15.8 Å². The fraction of sp³-hybridized carbons (Fsp3) is 0.462. The summed E-state index contributed by atoms with van der Waals surface area (Å²) < 4.78 is 5.92. The second-order valence-corrected chi connectivity index (χ2v) is 5.92. The van der Waals surface area contributed by atoms with Crippen LogP contribution >= 0.6 is 27.5 Å². The molecule has 19 heavy (non-hydrogen) atoms.